The molecule has 0 aliphatic rings. The van der Waals surface area contributed by atoms with E-state index in [2.05, 4.69) is 45.2 Å². The minimum absolute atomic E-state index is 0.770. The third-order valence-corrected chi connectivity index (χ3v) is 2.14. The van der Waals surface area contributed by atoms with Crippen LogP contribution in [0.25, 0.3) is 0 Å². The molecule has 1 nitrogen and oxygen atoms in total. The van der Waals surface area contributed by atoms with Gasteiger partial charge in [0, 0.05) is 0 Å². The number of hydrogen-bond donors (Lipinski definition) is 0. The molecule has 0 saturated carbocycles. The van der Waals surface area contributed by atoms with Crippen molar-refractivity contribution in [2.24, 2.45) is 5.92 Å². The van der Waals surface area contributed by atoms with E-state index >= 15 is 0 Å². The van der Waals surface area contributed by atoms with Gasteiger partial charge >= 0.3 is 0 Å². The fourth-order valence-corrected chi connectivity index (χ4v) is 1.28. The second kappa shape index (κ2) is 8.10. The first-order valence-corrected chi connectivity index (χ1v) is 5.35. The molecule has 1 heteroatoms. The third kappa shape index (κ3) is 5.95. The lowest BCUT2D eigenvalue weighted by molar-refractivity contribution is 0.414. The van der Waals surface area contributed by atoms with Crippen LogP contribution < -0.4 is 4.74 Å². The molecule has 0 atom stereocenters. The zero-order valence-electron chi connectivity index (χ0n) is 10.1. The van der Waals surface area contributed by atoms with Crippen molar-refractivity contribution in [1.29, 1.82) is 0 Å². The lowest BCUT2D eigenvalue weighted by Gasteiger charge is -2.06. The van der Waals surface area contributed by atoms with Crippen LogP contribution in [0.15, 0.2) is 37.4 Å². The van der Waals surface area contributed by atoms with Gasteiger partial charge in [-0.05, 0) is 36.5 Å². The topological polar surface area (TPSA) is 9.23 Å². The fraction of sp³-hybridized carbons (Fsp3) is 0.429. The molecule has 0 aromatic heterocycles. The zero-order chi connectivity index (χ0) is 11.7. The molecule has 0 amide bonds. The monoisotopic (exact) mass is 206 g/mol. The fourth-order valence-electron chi connectivity index (χ4n) is 1.28. The summed E-state index contributed by atoms with van der Waals surface area (Å²) >= 11 is 0. The molecule has 1 rings (SSSR count). The standard InChI is InChI=1S/C12H18O.C2H4/c1-10(2)7-8-11-5-4-6-12(9-11)13-3;1-2/h4-6,9-10H,7-8H2,1-3H3;1-2H2. The second-order valence-electron chi connectivity index (χ2n) is 3.78. The van der Waals surface area contributed by atoms with E-state index in [4.69, 9.17) is 4.74 Å². The molecule has 0 bridgehead atoms. The van der Waals surface area contributed by atoms with Crippen molar-refractivity contribution in [1.82, 2.24) is 0 Å². The smallest absolute Gasteiger partial charge is 0.119 e. The van der Waals surface area contributed by atoms with Gasteiger partial charge in [-0.3, -0.25) is 0 Å². The maximum atomic E-state index is 5.16. The average Bonchev–Trinajstić information content (AvgIpc) is 2.29. The van der Waals surface area contributed by atoms with E-state index in [0.29, 0.717) is 0 Å². The van der Waals surface area contributed by atoms with Crippen molar-refractivity contribution in [2.75, 3.05) is 7.11 Å². The van der Waals surface area contributed by atoms with Gasteiger partial charge < -0.3 is 4.74 Å². The van der Waals surface area contributed by atoms with Gasteiger partial charge in [0.05, 0.1) is 7.11 Å². The normalized spacial score (nSPS) is 9.33. The predicted molar refractivity (Wildman–Crippen MR) is 67.4 cm³/mol. The minimum Gasteiger partial charge on any atom is -0.497 e. The molecule has 1 aromatic carbocycles. The first-order valence-electron chi connectivity index (χ1n) is 5.35. The molecule has 0 aliphatic heterocycles. The van der Waals surface area contributed by atoms with Crippen molar-refractivity contribution in [3.05, 3.63) is 43.0 Å². The molecule has 0 saturated heterocycles. The van der Waals surface area contributed by atoms with E-state index in [1.165, 1.54) is 12.0 Å². The first-order chi connectivity index (χ1) is 7.22. The van der Waals surface area contributed by atoms with Crippen LogP contribution in [-0.2, 0) is 6.42 Å². The molecule has 84 valence electrons. The van der Waals surface area contributed by atoms with Crippen LogP contribution in [0.2, 0.25) is 0 Å². The Morgan fingerprint density at radius 1 is 1.27 bits per heavy atom. The van der Waals surface area contributed by atoms with Crippen LogP contribution >= 0.6 is 0 Å². The lowest BCUT2D eigenvalue weighted by atomic mass is 10.0. The lowest BCUT2D eigenvalue weighted by Crippen LogP contribution is -1.92. The van der Waals surface area contributed by atoms with Crippen molar-refractivity contribution in [3.63, 3.8) is 0 Å². The highest BCUT2D eigenvalue weighted by Crippen LogP contribution is 2.15. The summed E-state index contributed by atoms with van der Waals surface area (Å²) in [5.74, 6) is 1.73. The van der Waals surface area contributed by atoms with Gasteiger partial charge in [0.1, 0.15) is 5.75 Å². The number of rotatable bonds is 4. The Labute approximate surface area is 93.8 Å². The van der Waals surface area contributed by atoms with E-state index in [-0.39, 0.29) is 0 Å². The van der Waals surface area contributed by atoms with Gasteiger partial charge in [0.25, 0.3) is 0 Å². The highest BCUT2D eigenvalue weighted by atomic mass is 16.5. The summed E-state index contributed by atoms with van der Waals surface area (Å²) in [5.41, 5.74) is 1.37. The maximum Gasteiger partial charge on any atom is 0.119 e. The zero-order valence-corrected chi connectivity index (χ0v) is 10.1. The summed E-state index contributed by atoms with van der Waals surface area (Å²) in [5, 5.41) is 0. The largest absolute Gasteiger partial charge is 0.497 e. The van der Waals surface area contributed by atoms with Crippen molar-refractivity contribution in [3.8, 4) is 5.75 Å². The Kier molecular flexibility index (Phi) is 7.43. The molecular weight excluding hydrogens is 184 g/mol. The number of benzene rings is 1. The Balaban J connectivity index is 0.000000921. The summed E-state index contributed by atoms with van der Waals surface area (Å²) in [6.45, 7) is 10.5. The Bertz CT molecular complexity index is 266. The molecule has 0 N–H and O–H groups in total. The highest BCUT2D eigenvalue weighted by molar-refractivity contribution is 5.28. The molecule has 0 radical (unpaired) electrons. The van der Waals surface area contributed by atoms with E-state index in [1.54, 1.807) is 7.11 Å². The molecule has 0 spiro atoms. The van der Waals surface area contributed by atoms with Crippen LogP contribution in [0.5, 0.6) is 5.75 Å². The third-order valence-electron chi connectivity index (χ3n) is 2.14. The molecule has 0 aliphatic carbocycles. The van der Waals surface area contributed by atoms with E-state index in [9.17, 15) is 0 Å². The summed E-state index contributed by atoms with van der Waals surface area (Å²) in [6, 6.07) is 8.31. The highest BCUT2D eigenvalue weighted by Gasteiger charge is 1.98. The van der Waals surface area contributed by atoms with Crippen LogP contribution in [0, 0.1) is 5.92 Å². The van der Waals surface area contributed by atoms with Gasteiger partial charge in [-0.25, -0.2) is 0 Å². The molecular formula is C14H22O. The summed E-state index contributed by atoms with van der Waals surface area (Å²) in [6.07, 6.45) is 2.39. The van der Waals surface area contributed by atoms with E-state index < -0.39 is 0 Å². The first kappa shape index (κ1) is 13.8. The number of aryl methyl sites for hydroxylation is 1. The van der Waals surface area contributed by atoms with E-state index in [0.717, 1.165) is 18.1 Å². The number of ether oxygens (including phenoxy) is 1. The predicted octanol–water partition coefficient (Wildman–Crippen LogP) is 4.09. The van der Waals surface area contributed by atoms with Gasteiger partial charge in [0.15, 0.2) is 0 Å². The Morgan fingerprint density at radius 2 is 1.93 bits per heavy atom. The van der Waals surface area contributed by atoms with Gasteiger partial charge in [-0.2, -0.15) is 0 Å². The van der Waals surface area contributed by atoms with Crippen molar-refractivity contribution < 1.29 is 4.74 Å². The summed E-state index contributed by atoms with van der Waals surface area (Å²) in [4.78, 5) is 0. The summed E-state index contributed by atoms with van der Waals surface area (Å²) in [7, 11) is 1.71. The van der Waals surface area contributed by atoms with Crippen molar-refractivity contribution >= 4 is 0 Å². The molecule has 1 aromatic rings. The van der Waals surface area contributed by atoms with Gasteiger partial charge in [-0.1, -0.05) is 26.0 Å². The molecule has 0 fully saturated rings. The molecule has 0 unspecified atom stereocenters. The Morgan fingerprint density at radius 3 is 2.47 bits per heavy atom. The summed E-state index contributed by atoms with van der Waals surface area (Å²) < 4.78 is 5.16. The van der Waals surface area contributed by atoms with E-state index in [1.807, 2.05) is 6.07 Å². The molecule has 0 heterocycles. The van der Waals surface area contributed by atoms with Crippen LogP contribution in [0.1, 0.15) is 25.8 Å². The SMILES string of the molecule is C=C.COc1cccc(CCC(C)C)c1. The number of hydrogen-bond acceptors (Lipinski definition) is 1. The minimum atomic E-state index is 0.770. The van der Waals surface area contributed by atoms with Gasteiger partial charge in [0.2, 0.25) is 0 Å². The Hall–Kier alpha value is -1.24. The van der Waals surface area contributed by atoms with Crippen molar-refractivity contribution in [2.45, 2.75) is 26.7 Å². The van der Waals surface area contributed by atoms with Crippen LogP contribution in [0.4, 0.5) is 0 Å². The van der Waals surface area contributed by atoms with Gasteiger partial charge in [-0.15, -0.1) is 13.2 Å². The second-order valence-corrected chi connectivity index (χ2v) is 3.78. The maximum absolute atomic E-state index is 5.16. The average molecular weight is 206 g/mol. The molecule has 15 heavy (non-hydrogen) atoms. The van der Waals surface area contributed by atoms with Crippen LogP contribution in [-0.4, -0.2) is 7.11 Å². The van der Waals surface area contributed by atoms with Crippen LogP contribution in [0.3, 0.4) is 0 Å². The number of methoxy groups -OCH3 is 1. The quantitative estimate of drug-likeness (QED) is 0.674.